The minimum absolute atomic E-state index is 0.00176. The molecule has 0 spiro atoms. The van der Waals surface area contributed by atoms with E-state index in [2.05, 4.69) is 125 Å². The van der Waals surface area contributed by atoms with Crippen molar-refractivity contribution in [1.29, 1.82) is 0 Å². The van der Waals surface area contributed by atoms with Crippen molar-refractivity contribution in [3.05, 3.63) is 22.3 Å². The molecule has 0 N–H and O–H groups in total. The molecule has 3 aliphatic rings. The molecule has 174 valence electrons. The van der Waals surface area contributed by atoms with Crippen LogP contribution in [0.5, 0.6) is 0 Å². The van der Waals surface area contributed by atoms with E-state index in [9.17, 15) is 0 Å². The lowest BCUT2D eigenvalue weighted by Gasteiger charge is -2.74. The van der Waals surface area contributed by atoms with Crippen molar-refractivity contribution in [2.45, 2.75) is 125 Å². The Kier molecular flexibility index (Phi) is 5.22. The van der Waals surface area contributed by atoms with Crippen molar-refractivity contribution in [2.75, 3.05) is 0 Å². The van der Waals surface area contributed by atoms with Crippen LogP contribution in [0.25, 0.3) is 0 Å². The van der Waals surface area contributed by atoms with Gasteiger partial charge in [-0.25, -0.2) is 0 Å². The van der Waals surface area contributed by atoms with Gasteiger partial charge in [-0.1, -0.05) is 119 Å². The zero-order valence-electron chi connectivity index (χ0n) is 24.0. The highest BCUT2D eigenvalue weighted by Crippen LogP contribution is 2.80. The second-order valence-electron chi connectivity index (χ2n) is 14.5. The highest BCUT2D eigenvalue weighted by molar-refractivity contribution is 5.45. The topological polar surface area (TPSA) is 0 Å². The summed E-state index contributed by atoms with van der Waals surface area (Å²) in [6.45, 7) is 45.8. The molecule has 0 radical (unpaired) electrons. The minimum atomic E-state index is -0.00176. The summed E-state index contributed by atoms with van der Waals surface area (Å²) in [7, 11) is 0. The van der Waals surface area contributed by atoms with Gasteiger partial charge in [-0.2, -0.15) is 0 Å². The zero-order valence-corrected chi connectivity index (χ0v) is 24.0. The van der Waals surface area contributed by atoms with E-state index >= 15 is 0 Å². The second kappa shape index (κ2) is 6.08. The molecule has 0 amide bonds. The van der Waals surface area contributed by atoms with E-state index in [0.29, 0.717) is 0 Å². The molecule has 30 heavy (non-hydrogen) atoms. The Morgan fingerprint density at radius 3 is 1.03 bits per heavy atom. The molecular weight excluding hydrogens is 360 g/mol. The summed E-state index contributed by atoms with van der Waals surface area (Å²) >= 11 is 0. The van der Waals surface area contributed by atoms with Crippen molar-refractivity contribution >= 4 is 0 Å². The van der Waals surface area contributed by atoms with Gasteiger partial charge in [-0.3, -0.25) is 0 Å². The lowest BCUT2D eigenvalue weighted by molar-refractivity contribution is -0.230. The van der Waals surface area contributed by atoms with Crippen LogP contribution in [0, 0.1) is 43.3 Å². The predicted molar refractivity (Wildman–Crippen MR) is 136 cm³/mol. The first kappa shape index (κ1) is 25.7. The van der Waals surface area contributed by atoms with Crippen LogP contribution in [-0.4, -0.2) is 0 Å². The molecule has 0 nitrogen and oxygen atoms in total. The monoisotopic (exact) mass is 414 g/mol. The van der Waals surface area contributed by atoms with Crippen LogP contribution in [0.3, 0.4) is 0 Å². The molecule has 0 fully saturated rings. The Balaban J connectivity index is 3.47. The number of hydrogen-bond donors (Lipinski definition) is 0. The van der Waals surface area contributed by atoms with Gasteiger partial charge in [0, 0.05) is 5.41 Å². The summed E-state index contributed by atoms with van der Waals surface area (Å²) in [5.74, 6) is 0. The van der Waals surface area contributed by atoms with Crippen LogP contribution in [0.4, 0.5) is 0 Å². The average molecular weight is 415 g/mol. The predicted octanol–water partition coefficient (Wildman–Crippen LogP) is 9.86. The molecule has 2 atom stereocenters. The summed E-state index contributed by atoms with van der Waals surface area (Å²) < 4.78 is 0. The highest BCUT2D eigenvalue weighted by atomic mass is 14.8. The van der Waals surface area contributed by atoms with Crippen molar-refractivity contribution in [3.63, 3.8) is 0 Å². The third kappa shape index (κ3) is 2.16. The van der Waals surface area contributed by atoms with Gasteiger partial charge in [0.25, 0.3) is 0 Å². The lowest BCUT2D eigenvalue weighted by atomic mass is 9.30. The number of rotatable bonds is 0. The van der Waals surface area contributed by atoms with Crippen LogP contribution in [0.1, 0.15) is 125 Å². The van der Waals surface area contributed by atoms with Crippen LogP contribution in [-0.2, 0) is 0 Å². The van der Waals surface area contributed by atoms with E-state index in [-0.39, 0.29) is 43.3 Å². The van der Waals surface area contributed by atoms with Crippen LogP contribution in [0.2, 0.25) is 0 Å². The van der Waals surface area contributed by atoms with Crippen LogP contribution >= 0.6 is 0 Å². The van der Waals surface area contributed by atoms with Crippen LogP contribution in [0.15, 0.2) is 22.3 Å². The molecular formula is C30H54. The van der Waals surface area contributed by atoms with E-state index in [1.807, 2.05) is 0 Å². The largest absolute Gasteiger partial charge is 0.0673 e. The van der Waals surface area contributed by atoms with E-state index in [4.69, 9.17) is 0 Å². The van der Waals surface area contributed by atoms with Gasteiger partial charge in [0.05, 0.1) is 0 Å². The molecule has 3 rings (SSSR count). The number of fused-ring (bicyclic) bond motifs is 5. The summed E-state index contributed by atoms with van der Waals surface area (Å²) in [5.41, 5.74) is 6.89. The Bertz CT molecular complexity index is 818. The fraction of sp³-hybridized carbons (Fsp3) is 0.867. The molecule has 0 aromatic heterocycles. The van der Waals surface area contributed by atoms with E-state index < -0.39 is 0 Å². The van der Waals surface area contributed by atoms with Gasteiger partial charge in [-0.15, -0.1) is 0 Å². The van der Waals surface area contributed by atoms with Gasteiger partial charge in [0.1, 0.15) is 0 Å². The Hall–Kier alpha value is -0.520. The van der Waals surface area contributed by atoms with Crippen molar-refractivity contribution in [1.82, 2.24) is 0 Å². The maximum Gasteiger partial charge on any atom is 0.0149 e. The second-order valence-corrected chi connectivity index (χ2v) is 14.5. The van der Waals surface area contributed by atoms with E-state index in [1.165, 1.54) is 0 Å². The number of hydrogen-bond acceptors (Lipinski definition) is 0. The van der Waals surface area contributed by atoms with Gasteiger partial charge in [0.15, 0.2) is 0 Å². The van der Waals surface area contributed by atoms with Gasteiger partial charge in [0.2, 0.25) is 0 Å². The molecule has 3 aliphatic carbocycles. The van der Waals surface area contributed by atoms with Crippen molar-refractivity contribution in [3.8, 4) is 0 Å². The van der Waals surface area contributed by atoms with Gasteiger partial charge in [-0.05, 0) is 65.6 Å². The van der Waals surface area contributed by atoms with Crippen molar-refractivity contribution in [2.24, 2.45) is 43.3 Å². The molecule has 0 saturated heterocycles. The fourth-order valence-corrected chi connectivity index (χ4v) is 8.75. The quantitative estimate of drug-likeness (QED) is 0.346. The standard InChI is InChI=1S/C30H54/c1-19-21(3)29(17)22(4)20(2)24(7,8)30(18,25(9,10)23(19,5)6)28(15,16)26(11,12)27(29,13)14/h1-18H3. The number of allylic oxidation sites excluding steroid dienone is 4. The molecule has 2 unspecified atom stereocenters. The molecule has 0 aromatic carbocycles. The van der Waals surface area contributed by atoms with Crippen molar-refractivity contribution < 1.29 is 0 Å². The summed E-state index contributed by atoms with van der Waals surface area (Å²) in [6, 6.07) is 0. The lowest BCUT2D eigenvalue weighted by Crippen LogP contribution is -2.68. The van der Waals surface area contributed by atoms with Gasteiger partial charge < -0.3 is 0 Å². The smallest absolute Gasteiger partial charge is 0.0149 e. The first-order valence-corrected chi connectivity index (χ1v) is 12.2. The maximum atomic E-state index is 2.64. The Morgan fingerprint density at radius 2 is 0.667 bits per heavy atom. The molecule has 0 heterocycles. The first-order valence-electron chi connectivity index (χ1n) is 12.2. The van der Waals surface area contributed by atoms with Crippen LogP contribution < -0.4 is 0 Å². The Morgan fingerprint density at radius 1 is 0.333 bits per heavy atom. The fourth-order valence-electron chi connectivity index (χ4n) is 8.75. The molecule has 0 aromatic rings. The average Bonchev–Trinajstić information content (AvgIpc) is 2.61. The Labute approximate surface area is 190 Å². The molecule has 2 bridgehead atoms. The zero-order chi connectivity index (χ0) is 24.3. The third-order valence-electron chi connectivity index (χ3n) is 14.2. The summed E-state index contributed by atoms with van der Waals surface area (Å²) in [6.07, 6.45) is 0. The van der Waals surface area contributed by atoms with Gasteiger partial charge >= 0.3 is 0 Å². The summed E-state index contributed by atoms with van der Waals surface area (Å²) in [4.78, 5) is 0. The van der Waals surface area contributed by atoms with E-state index in [0.717, 1.165) is 0 Å². The normalized spacial score (nSPS) is 38.6. The highest BCUT2D eigenvalue weighted by Gasteiger charge is 2.73. The first-order chi connectivity index (χ1) is 12.9. The molecule has 0 saturated carbocycles. The van der Waals surface area contributed by atoms with E-state index in [1.54, 1.807) is 22.3 Å². The third-order valence-corrected chi connectivity index (χ3v) is 14.2. The summed E-state index contributed by atoms with van der Waals surface area (Å²) in [5, 5.41) is 0. The SMILES string of the molecule is CC1=C(C)C2(C)C(C)=C(C)C(C)(C)C(C)(C(C)(C)C1(C)C)C(C)(C)C(C)(C)C2(C)C. The minimum Gasteiger partial charge on any atom is -0.0673 e. The molecule has 0 aliphatic heterocycles. The maximum absolute atomic E-state index is 2.64. The molecule has 0 heteroatoms.